The molecule has 1 aromatic carbocycles. The fourth-order valence-corrected chi connectivity index (χ4v) is 4.48. The maximum absolute atomic E-state index is 5.50. The normalized spacial score (nSPS) is 23.0. The van der Waals surface area contributed by atoms with E-state index in [2.05, 4.69) is 44.4 Å². The number of hydrogen-bond acceptors (Lipinski definition) is 3. The summed E-state index contributed by atoms with van der Waals surface area (Å²) in [4.78, 5) is 9.44. The maximum Gasteiger partial charge on any atom is 0.193 e. The molecule has 2 aliphatic heterocycles. The van der Waals surface area contributed by atoms with E-state index in [-0.39, 0.29) is 0 Å². The van der Waals surface area contributed by atoms with Gasteiger partial charge in [-0.1, -0.05) is 24.6 Å². The number of nitrogens with one attached hydrogen (secondary N) is 1. The predicted octanol–water partition coefficient (Wildman–Crippen LogP) is 2.47. The third-order valence-electron chi connectivity index (χ3n) is 6.14. The largest absolute Gasteiger partial charge is 0.378 e. The minimum Gasteiger partial charge on any atom is -0.378 e. The van der Waals surface area contributed by atoms with Gasteiger partial charge in [0.25, 0.3) is 0 Å². The van der Waals surface area contributed by atoms with Crippen molar-refractivity contribution in [2.45, 2.75) is 32.2 Å². The predicted molar refractivity (Wildman–Crippen MR) is 102 cm³/mol. The van der Waals surface area contributed by atoms with Crippen molar-refractivity contribution in [2.24, 2.45) is 10.4 Å². The molecule has 0 radical (unpaired) electrons. The summed E-state index contributed by atoms with van der Waals surface area (Å²) in [6, 6.07) is 8.71. The fourth-order valence-electron chi connectivity index (χ4n) is 4.48. The molecular weight excluding hydrogens is 312 g/mol. The van der Waals surface area contributed by atoms with Crippen LogP contribution in [0.5, 0.6) is 0 Å². The molecule has 0 atom stereocenters. The van der Waals surface area contributed by atoms with E-state index in [1.807, 2.05) is 7.05 Å². The second kappa shape index (κ2) is 7.24. The summed E-state index contributed by atoms with van der Waals surface area (Å²) in [6.45, 7) is 6.73. The van der Waals surface area contributed by atoms with E-state index >= 15 is 0 Å². The van der Waals surface area contributed by atoms with Gasteiger partial charge in [0.05, 0.1) is 13.2 Å². The van der Waals surface area contributed by atoms with Gasteiger partial charge in [-0.3, -0.25) is 4.99 Å². The van der Waals surface area contributed by atoms with Crippen LogP contribution in [0.2, 0.25) is 0 Å². The Labute approximate surface area is 151 Å². The summed E-state index contributed by atoms with van der Waals surface area (Å²) in [7, 11) is 1.90. The molecule has 3 fully saturated rings. The standard InChI is InChI=1S/C20H30N4O/c1-21-19(24-10-9-20(16-24)7-4-8-20)22-15-17-5-2-3-6-18(17)23-11-13-25-14-12-23/h2-3,5-6H,4,7-16H2,1H3,(H,21,22). The number of benzene rings is 1. The zero-order chi connectivity index (χ0) is 17.1. The number of rotatable bonds is 3. The molecule has 1 N–H and O–H groups in total. The Morgan fingerprint density at radius 3 is 2.64 bits per heavy atom. The van der Waals surface area contributed by atoms with Crippen molar-refractivity contribution in [3.63, 3.8) is 0 Å². The molecule has 3 aliphatic rings. The lowest BCUT2D eigenvalue weighted by molar-refractivity contribution is 0.122. The number of likely N-dealkylation sites (tertiary alicyclic amines) is 1. The van der Waals surface area contributed by atoms with Gasteiger partial charge in [0.2, 0.25) is 0 Å². The molecule has 1 aliphatic carbocycles. The van der Waals surface area contributed by atoms with Crippen LogP contribution in [0, 0.1) is 5.41 Å². The van der Waals surface area contributed by atoms with E-state index in [9.17, 15) is 0 Å². The van der Waals surface area contributed by atoms with Gasteiger partial charge in [0, 0.05) is 45.5 Å². The lowest BCUT2D eigenvalue weighted by atomic mass is 9.68. The number of para-hydroxylation sites is 1. The SMILES string of the molecule is CN=C(NCc1ccccc1N1CCOCC1)N1CCC2(CCC2)C1. The third-order valence-corrected chi connectivity index (χ3v) is 6.14. The first kappa shape index (κ1) is 16.7. The summed E-state index contributed by atoms with van der Waals surface area (Å²) in [5, 5.41) is 3.61. The quantitative estimate of drug-likeness (QED) is 0.677. The molecule has 1 saturated carbocycles. The van der Waals surface area contributed by atoms with Crippen LogP contribution >= 0.6 is 0 Å². The van der Waals surface area contributed by atoms with E-state index in [1.165, 1.54) is 43.5 Å². The molecule has 4 rings (SSSR count). The molecule has 1 spiro atoms. The van der Waals surface area contributed by atoms with Gasteiger partial charge in [-0.2, -0.15) is 0 Å². The lowest BCUT2D eigenvalue weighted by Crippen LogP contribution is -2.42. The van der Waals surface area contributed by atoms with Crippen molar-refractivity contribution in [1.82, 2.24) is 10.2 Å². The molecule has 0 bridgehead atoms. The molecule has 0 unspecified atom stereocenters. The van der Waals surface area contributed by atoms with Crippen molar-refractivity contribution in [3.8, 4) is 0 Å². The van der Waals surface area contributed by atoms with Gasteiger partial charge in [-0.25, -0.2) is 0 Å². The van der Waals surface area contributed by atoms with Crippen LogP contribution < -0.4 is 10.2 Å². The Bertz CT molecular complexity index is 620. The van der Waals surface area contributed by atoms with Crippen LogP contribution in [-0.2, 0) is 11.3 Å². The van der Waals surface area contributed by atoms with E-state index in [0.717, 1.165) is 45.4 Å². The minimum absolute atomic E-state index is 0.601. The highest BCUT2D eigenvalue weighted by atomic mass is 16.5. The van der Waals surface area contributed by atoms with Crippen molar-refractivity contribution in [3.05, 3.63) is 29.8 Å². The van der Waals surface area contributed by atoms with Crippen molar-refractivity contribution in [2.75, 3.05) is 51.3 Å². The number of aliphatic imine (C=N–C) groups is 1. The average molecular weight is 342 g/mol. The number of morpholine rings is 1. The Hall–Kier alpha value is -1.75. The molecule has 25 heavy (non-hydrogen) atoms. The minimum atomic E-state index is 0.601. The first-order valence-electron chi connectivity index (χ1n) is 9.66. The first-order valence-corrected chi connectivity index (χ1v) is 9.66. The molecular formula is C20H30N4O. The Morgan fingerprint density at radius 2 is 1.96 bits per heavy atom. The summed E-state index contributed by atoms with van der Waals surface area (Å²) in [5.74, 6) is 1.06. The van der Waals surface area contributed by atoms with Crippen LogP contribution in [0.1, 0.15) is 31.2 Å². The number of ether oxygens (including phenoxy) is 1. The first-order chi connectivity index (χ1) is 12.3. The smallest absolute Gasteiger partial charge is 0.193 e. The van der Waals surface area contributed by atoms with Crippen LogP contribution in [0.4, 0.5) is 5.69 Å². The fraction of sp³-hybridized carbons (Fsp3) is 0.650. The topological polar surface area (TPSA) is 40.1 Å². The molecule has 0 amide bonds. The average Bonchev–Trinajstić information content (AvgIpc) is 3.09. The van der Waals surface area contributed by atoms with Gasteiger partial charge in [0.1, 0.15) is 0 Å². The van der Waals surface area contributed by atoms with E-state index in [4.69, 9.17) is 4.74 Å². The number of nitrogens with zero attached hydrogens (tertiary/aromatic N) is 3. The highest BCUT2D eigenvalue weighted by Gasteiger charge is 2.43. The molecule has 2 saturated heterocycles. The number of guanidine groups is 1. The third kappa shape index (κ3) is 3.47. The monoisotopic (exact) mass is 342 g/mol. The van der Waals surface area contributed by atoms with E-state index in [1.54, 1.807) is 0 Å². The highest BCUT2D eigenvalue weighted by molar-refractivity contribution is 5.80. The zero-order valence-electron chi connectivity index (χ0n) is 15.3. The van der Waals surface area contributed by atoms with Crippen LogP contribution in [0.25, 0.3) is 0 Å². The summed E-state index contributed by atoms with van der Waals surface area (Å²) >= 11 is 0. The van der Waals surface area contributed by atoms with Crippen molar-refractivity contribution >= 4 is 11.6 Å². The van der Waals surface area contributed by atoms with Crippen molar-refractivity contribution in [1.29, 1.82) is 0 Å². The molecule has 2 heterocycles. The summed E-state index contributed by atoms with van der Waals surface area (Å²) < 4.78 is 5.50. The number of anilines is 1. The molecule has 136 valence electrons. The Morgan fingerprint density at radius 1 is 1.16 bits per heavy atom. The van der Waals surface area contributed by atoms with E-state index in [0.29, 0.717) is 5.41 Å². The van der Waals surface area contributed by atoms with Gasteiger partial charge in [0.15, 0.2) is 5.96 Å². The van der Waals surface area contributed by atoms with Crippen LogP contribution in [0.3, 0.4) is 0 Å². The molecule has 5 heteroatoms. The molecule has 0 aromatic heterocycles. The zero-order valence-corrected chi connectivity index (χ0v) is 15.3. The van der Waals surface area contributed by atoms with Crippen LogP contribution in [0.15, 0.2) is 29.3 Å². The van der Waals surface area contributed by atoms with Crippen LogP contribution in [-0.4, -0.2) is 57.3 Å². The highest BCUT2D eigenvalue weighted by Crippen LogP contribution is 2.47. The van der Waals surface area contributed by atoms with E-state index < -0.39 is 0 Å². The second-order valence-electron chi connectivity index (χ2n) is 7.65. The second-order valence-corrected chi connectivity index (χ2v) is 7.65. The molecule has 5 nitrogen and oxygen atoms in total. The Kier molecular flexibility index (Phi) is 4.84. The lowest BCUT2D eigenvalue weighted by Gasteiger charge is -2.38. The summed E-state index contributed by atoms with van der Waals surface area (Å²) in [5.41, 5.74) is 3.26. The van der Waals surface area contributed by atoms with Gasteiger partial charge < -0.3 is 19.9 Å². The van der Waals surface area contributed by atoms with Gasteiger partial charge in [-0.05, 0) is 36.3 Å². The summed E-state index contributed by atoms with van der Waals surface area (Å²) in [6.07, 6.45) is 5.55. The maximum atomic E-state index is 5.50. The van der Waals surface area contributed by atoms with Gasteiger partial charge >= 0.3 is 0 Å². The molecule has 1 aromatic rings. The van der Waals surface area contributed by atoms with Gasteiger partial charge in [-0.15, -0.1) is 0 Å². The number of hydrogen-bond donors (Lipinski definition) is 1. The Balaban J connectivity index is 1.40. The van der Waals surface area contributed by atoms with Crippen molar-refractivity contribution < 1.29 is 4.74 Å².